The Morgan fingerprint density at radius 1 is 1.21 bits per heavy atom. The van der Waals surface area contributed by atoms with E-state index in [-0.39, 0.29) is 0 Å². The van der Waals surface area contributed by atoms with Crippen LogP contribution >= 0.6 is 7.60 Å². The average Bonchev–Trinajstić information content (AvgIpc) is 2.03. The summed E-state index contributed by atoms with van der Waals surface area (Å²) < 4.78 is 22.4. The van der Waals surface area contributed by atoms with Crippen molar-refractivity contribution in [2.24, 2.45) is 11.7 Å². The summed E-state index contributed by atoms with van der Waals surface area (Å²) in [7, 11) is -3.09. The van der Waals surface area contributed by atoms with Gasteiger partial charge in [-0.15, -0.1) is 0 Å². The summed E-state index contributed by atoms with van der Waals surface area (Å²) in [5, 5.41) is 0. The van der Waals surface area contributed by atoms with E-state index in [0.717, 1.165) is 0 Å². The van der Waals surface area contributed by atoms with E-state index in [2.05, 4.69) is 0 Å². The summed E-state index contributed by atoms with van der Waals surface area (Å²) in [6.07, 6.45) is 0.650. The van der Waals surface area contributed by atoms with Crippen molar-refractivity contribution in [3.63, 3.8) is 0 Å². The summed E-state index contributed by atoms with van der Waals surface area (Å²) >= 11 is 0. The molecule has 0 aliphatic carbocycles. The van der Waals surface area contributed by atoms with E-state index < -0.39 is 13.4 Å². The fourth-order valence-electron chi connectivity index (χ4n) is 1.20. The summed E-state index contributed by atoms with van der Waals surface area (Å²) in [5.41, 5.74) is 5.81. The van der Waals surface area contributed by atoms with E-state index in [1.165, 1.54) is 0 Å². The molecule has 0 spiro atoms. The first kappa shape index (κ1) is 14.1. The highest BCUT2D eigenvalue weighted by Crippen LogP contribution is 2.52. The van der Waals surface area contributed by atoms with Crippen LogP contribution in [0.25, 0.3) is 0 Å². The molecule has 0 aliphatic rings. The van der Waals surface area contributed by atoms with Crippen LogP contribution in [0.5, 0.6) is 0 Å². The normalized spacial score (nSPS) is 14.7. The van der Waals surface area contributed by atoms with Gasteiger partial charge in [0.1, 0.15) is 5.78 Å². The van der Waals surface area contributed by atoms with Gasteiger partial charge < -0.3 is 14.8 Å². The molecule has 0 unspecified atom stereocenters. The van der Waals surface area contributed by atoms with Crippen molar-refractivity contribution in [2.45, 2.75) is 39.9 Å². The first-order chi connectivity index (χ1) is 6.46. The van der Waals surface area contributed by atoms with Crippen LogP contribution in [0, 0.1) is 5.92 Å². The second-order valence-corrected chi connectivity index (χ2v) is 5.83. The van der Waals surface area contributed by atoms with E-state index in [4.69, 9.17) is 14.8 Å². The Morgan fingerprint density at radius 3 is 1.93 bits per heavy atom. The fourth-order valence-corrected chi connectivity index (χ4v) is 3.06. The molecule has 0 aliphatic heterocycles. The van der Waals surface area contributed by atoms with Crippen LogP contribution in [-0.4, -0.2) is 19.0 Å². The molecule has 0 radical (unpaired) electrons. The van der Waals surface area contributed by atoms with Crippen molar-refractivity contribution >= 4 is 7.60 Å². The van der Waals surface area contributed by atoms with Crippen LogP contribution in [0.15, 0.2) is 0 Å². The molecule has 0 aromatic carbocycles. The minimum absolute atomic E-state index is 0.364. The molecule has 1 atom stereocenters. The molecule has 0 aromatic rings. The predicted octanol–water partition coefficient (Wildman–Crippen LogP) is 2.58. The van der Waals surface area contributed by atoms with E-state index >= 15 is 0 Å². The van der Waals surface area contributed by atoms with Crippen molar-refractivity contribution in [2.75, 3.05) is 13.2 Å². The van der Waals surface area contributed by atoms with Crippen LogP contribution in [0.3, 0.4) is 0 Å². The summed E-state index contributed by atoms with van der Waals surface area (Å²) in [6.45, 7) is 8.36. The molecule has 2 N–H and O–H groups in total. The lowest BCUT2D eigenvalue weighted by molar-refractivity contribution is 0.209. The Morgan fingerprint density at radius 2 is 1.64 bits per heavy atom. The Labute approximate surface area is 86.7 Å². The van der Waals surface area contributed by atoms with Gasteiger partial charge in [0.15, 0.2) is 0 Å². The maximum absolute atomic E-state index is 12.1. The summed E-state index contributed by atoms with van der Waals surface area (Å²) in [6, 6.07) is 0. The quantitative estimate of drug-likeness (QED) is 0.674. The fraction of sp³-hybridized carbons (Fsp3) is 1.00. The van der Waals surface area contributed by atoms with Crippen molar-refractivity contribution in [1.29, 1.82) is 0 Å². The third kappa shape index (κ3) is 4.56. The van der Waals surface area contributed by atoms with Gasteiger partial charge in [0.25, 0.3) is 0 Å². The van der Waals surface area contributed by atoms with Gasteiger partial charge in [0.2, 0.25) is 0 Å². The molecular formula is C9H22NO3P. The zero-order valence-corrected chi connectivity index (χ0v) is 10.4. The van der Waals surface area contributed by atoms with E-state index in [1.807, 2.05) is 13.8 Å². The van der Waals surface area contributed by atoms with Gasteiger partial charge in [0.05, 0.1) is 13.2 Å². The lowest BCUT2D eigenvalue weighted by Crippen LogP contribution is -2.24. The first-order valence-electron chi connectivity index (χ1n) is 5.10. The standard InChI is InChI=1S/C9H22NO3P/c1-5-12-14(11,13-6-2)9(10)7-8(3)4/h8-9H,5-7,10H2,1-4H3/t9-/m1/s1. The highest BCUT2D eigenvalue weighted by molar-refractivity contribution is 7.54. The third-order valence-electron chi connectivity index (χ3n) is 1.74. The van der Waals surface area contributed by atoms with Gasteiger partial charge in [-0.25, -0.2) is 0 Å². The minimum Gasteiger partial charge on any atom is -0.318 e. The molecule has 0 bridgehead atoms. The first-order valence-corrected chi connectivity index (χ1v) is 6.71. The maximum Gasteiger partial charge on any atom is 0.347 e. The van der Waals surface area contributed by atoms with Crippen LogP contribution in [0.4, 0.5) is 0 Å². The van der Waals surface area contributed by atoms with E-state index in [1.54, 1.807) is 13.8 Å². The largest absolute Gasteiger partial charge is 0.347 e. The summed E-state index contributed by atoms with van der Waals surface area (Å²) in [5.74, 6) is -0.123. The van der Waals surface area contributed by atoms with Gasteiger partial charge in [-0.1, -0.05) is 13.8 Å². The molecule has 0 amide bonds. The zero-order chi connectivity index (χ0) is 11.2. The van der Waals surface area contributed by atoms with Crippen molar-refractivity contribution in [1.82, 2.24) is 0 Å². The van der Waals surface area contributed by atoms with Gasteiger partial charge in [-0.05, 0) is 26.2 Å². The zero-order valence-electron chi connectivity index (χ0n) is 9.53. The van der Waals surface area contributed by atoms with Gasteiger partial charge in [-0.3, -0.25) is 4.57 Å². The van der Waals surface area contributed by atoms with Crippen LogP contribution in [-0.2, 0) is 13.6 Å². The average molecular weight is 223 g/mol. The number of nitrogens with two attached hydrogens (primary N) is 1. The smallest absolute Gasteiger partial charge is 0.318 e. The van der Waals surface area contributed by atoms with Crippen molar-refractivity contribution in [3.8, 4) is 0 Å². The topological polar surface area (TPSA) is 61.5 Å². The van der Waals surface area contributed by atoms with Crippen LogP contribution < -0.4 is 5.73 Å². The molecule has 86 valence electrons. The molecule has 5 heteroatoms. The van der Waals surface area contributed by atoms with Crippen LogP contribution in [0.1, 0.15) is 34.1 Å². The highest BCUT2D eigenvalue weighted by atomic mass is 31.2. The molecule has 0 fully saturated rings. The minimum atomic E-state index is -3.09. The van der Waals surface area contributed by atoms with Crippen molar-refractivity contribution < 1.29 is 13.6 Å². The van der Waals surface area contributed by atoms with Crippen molar-refractivity contribution in [3.05, 3.63) is 0 Å². The SMILES string of the molecule is CCOP(=O)(OCC)[C@@H](N)CC(C)C. The lowest BCUT2D eigenvalue weighted by atomic mass is 10.1. The maximum atomic E-state index is 12.1. The molecule has 0 rings (SSSR count). The monoisotopic (exact) mass is 223 g/mol. The number of rotatable bonds is 7. The number of hydrogen-bond acceptors (Lipinski definition) is 4. The summed E-state index contributed by atoms with van der Waals surface area (Å²) in [4.78, 5) is 0. The van der Waals surface area contributed by atoms with E-state index in [9.17, 15) is 4.57 Å². The second kappa shape index (κ2) is 6.57. The Kier molecular flexibility index (Phi) is 6.62. The Balaban J connectivity index is 4.38. The molecule has 4 nitrogen and oxygen atoms in total. The third-order valence-corrected chi connectivity index (χ3v) is 4.00. The Hall–Kier alpha value is 0.110. The van der Waals surface area contributed by atoms with Gasteiger partial charge >= 0.3 is 7.60 Å². The number of hydrogen-bond donors (Lipinski definition) is 1. The molecule has 0 heterocycles. The lowest BCUT2D eigenvalue weighted by Gasteiger charge is -2.24. The molecular weight excluding hydrogens is 201 g/mol. The Bertz CT molecular complexity index is 186. The van der Waals surface area contributed by atoms with Crippen LogP contribution in [0.2, 0.25) is 0 Å². The second-order valence-electron chi connectivity index (χ2n) is 3.57. The van der Waals surface area contributed by atoms with Gasteiger partial charge in [-0.2, -0.15) is 0 Å². The highest BCUT2D eigenvalue weighted by Gasteiger charge is 2.32. The molecule has 0 aromatic heterocycles. The van der Waals surface area contributed by atoms with E-state index in [0.29, 0.717) is 25.6 Å². The molecule has 0 saturated heterocycles. The molecule has 14 heavy (non-hydrogen) atoms. The molecule has 0 saturated carbocycles. The van der Waals surface area contributed by atoms with Gasteiger partial charge in [0, 0.05) is 0 Å². The predicted molar refractivity (Wildman–Crippen MR) is 58.3 cm³/mol.